The van der Waals surface area contributed by atoms with Gasteiger partial charge in [-0.2, -0.15) is 13.5 Å². The molecule has 1 N–H and O–H groups in total. The molecule has 0 aliphatic carbocycles. The number of hydrogen-bond donors (Lipinski definition) is 1. The number of halogens is 2. The summed E-state index contributed by atoms with van der Waals surface area (Å²) in [6, 6.07) is 1.11. The summed E-state index contributed by atoms with van der Waals surface area (Å²) in [6.45, 7) is 0.0760. The van der Waals surface area contributed by atoms with Crippen LogP contribution in [0.25, 0.3) is 0 Å². The number of hydrogen-bond acceptors (Lipinski definition) is 10. The van der Waals surface area contributed by atoms with Crippen molar-refractivity contribution in [3.63, 3.8) is 0 Å². The summed E-state index contributed by atoms with van der Waals surface area (Å²) in [5, 5.41) is 7.10. The van der Waals surface area contributed by atoms with E-state index in [2.05, 4.69) is 24.6 Å². The summed E-state index contributed by atoms with van der Waals surface area (Å²) >= 11 is 0. The maximum absolute atomic E-state index is 14.4. The molecule has 0 aliphatic rings. The first-order valence-electron chi connectivity index (χ1n) is 9.87. The number of nitrogens with one attached hydrogen (secondary N) is 1. The van der Waals surface area contributed by atoms with Crippen molar-refractivity contribution in [3.05, 3.63) is 48.1 Å². The third-order valence-corrected chi connectivity index (χ3v) is 4.99. The predicted molar refractivity (Wildman–Crippen MR) is 117 cm³/mol. The van der Waals surface area contributed by atoms with E-state index in [4.69, 9.17) is 14.2 Å². The molecule has 0 aliphatic heterocycles. The SMILES string of the molecule is COc1cc(OC)c(F)c(COc2cnc(Nc3cnn(CCCOS(C)(=O)=O)c3)nc2)c1F. The highest BCUT2D eigenvalue weighted by Crippen LogP contribution is 2.32. The van der Waals surface area contributed by atoms with Gasteiger partial charge in [-0.25, -0.2) is 18.7 Å². The van der Waals surface area contributed by atoms with Crippen LogP contribution in [0, 0.1) is 11.6 Å². The molecule has 0 fully saturated rings. The highest BCUT2D eigenvalue weighted by Gasteiger charge is 2.20. The molecule has 0 amide bonds. The molecule has 14 heteroatoms. The van der Waals surface area contributed by atoms with Gasteiger partial charge in [-0.05, 0) is 6.42 Å². The van der Waals surface area contributed by atoms with Crippen LogP contribution >= 0.6 is 0 Å². The van der Waals surface area contributed by atoms with Gasteiger partial charge in [-0.1, -0.05) is 0 Å². The lowest BCUT2D eigenvalue weighted by Crippen LogP contribution is -2.07. The van der Waals surface area contributed by atoms with Crippen molar-refractivity contribution in [1.82, 2.24) is 19.7 Å². The second kappa shape index (κ2) is 11.1. The third kappa shape index (κ3) is 6.74. The number of anilines is 2. The molecule has 34 heavy (non-hydrogen) atoms. The van der Waals surface area contributed by atoms with E-state index in [9.17, 15) is 17.2 Å². The number of aryl methyl sites for hydroxylation is 1. The van der Waals surface area contributed by atoms with Crippen LogP contribution in [-0.4, -0.2) is 55.2 Å². The van der Waals surface area contributed by atoms with Crippen LogP contribution in [0.15, 0.2) is 30.9 Å². The van der Waals surface area contributed by atoms with Gasteiger partial charge in [-0.15, -0.1) is 0 Å². The van der Waals surface area contributed by atoms with E-state index in [1.807, 2.05) is 0 Å². The summed E-state index contributed by atoms with van der Waals surface area (Å²) in [7, 11) is -0.943. The summed E-state index contributed by atoms with van der Waals surface area (Å²) in [4.78, 5) is 8.20. The number of rotatable bonds is 12. The smallest absolute Gasteiger partial charge is 0.264 e. The minimum atomic E-state index is -3.47. The Bertz CT molecular complexity index is 1190. The lowest BCUT2D eigenvalue weighted by atomic mass is 10.1. The van der Waals surface area contributed by atoms with Gasteiger partial charge in [0.1, 0.15) is 6.61 Å². The molecule has 0 saturated heterocycles. The average molecular weight is 499 g/mol. The number of ether oxygens (including phenoxy) is 3. The third-order valence-electron chi connectivity index (χ3n) is 4.39. The van der Waals surface area contributed by atoms with E-state index >= 15 is 0 Å². The van der Waals surface area contributed by atoms with Crippen molar-refractivity contribution >= 4 is 21.8 Å². The van der Waals surface area contributed by atoms with Crippen molar-refractivity contribution < 1.29 is 35.6 Å². The molecule has 3 aromatic rings. The first-order chi connectivity index (χ1) is 16.2. The number of benzene rings is 1. The van der Waals surface area contributed by atoms with E-state index in [0.29, 0.717) is 18.7 Å². The number of nitrogens with zero attached hydrogens (tertiary/aromatic N) is 4. The zero-order chi connectivity index (χ0) is 24.7. The van der Waals surface area contributed by atoms with Crippen LogP contribution in [-0.2, 0) is 27.5 Å². The lowest BCUT2D eigenvalue weighted by Gasteiger charge is -2.13. The molecule has 0 bridgehead atoms. The fraction of sp³-hybridized carbons (Fsp3) is 0.350. The largest absolute Gasteiger partial charge is 0.494 e. The van der Waals surface area contributed by atoms with Crippen LogP contribution in [0.1, 0.15) is 12.0 Å². The van der Waals surface area contributed by atoms with Crippen molar-refractivity contribution in [2.45, 2.75) is 19.6 Å². The minimum absolute atomic E-state index is 0.0579. The summed E-state index contributed by atoms with van der Waals surface area (Å²) in [5.74, 6) is -1.69. The van der Waals surface area contributed by atoms with Crippen molar-refractivity contribution in [2.24, 2.45) is 0 Å². The van der Waals surface area contributed by atoms with Crippen LogP contribution < -0.4 is 19.5 Å². The quantitative estimate of drug-likeness (QED) is 0.293. The van der Waals surface area contributed by atoms with Gasteiger partial charge in [0.2, 0.25) is 5.95 Å². The van der Waals surface area contributed by atoms with E-state index in [-0.39, 0.29) is 35.4 Å². The summed E-state index contributed by atoms with van der Waals surface area (Å²) in [6.07, 6.45) is 7.37. The number of aromatic nitrogens is 4. The van der Waals surface area contributed by atoms with Gasteiger partial charge in [0.15, 0.2) is 28.9 Å². The molecule has 0 unspecified atom stereocenters. The van der Waals surface area contributed by atoms with Crippen molar-refractivity contribution in [2.75, 3.05) is 32.4 Å². The summed E-state index contributed by atoms with van der Waals surface area (Å²) < 4.78 is 72.3. The van der Waals surface area contributed by atoms with Gasteiger partial charge in [0, 0.05) is 18.8 Å². The Morgan fingerprint density at radius 1 is 1.06 bits per heavy atom. The fourth-order valence-corrected chi connectivity index (χ4v) is 3.21. The number of methoxy groups -OCH3 is 2. The van der Waals surface area contributed by atoms with E-state index < -0.39 is 28.4 Å². The second-order valence-corrected chi connectivity index (χ2v) is 8.56. The van der Waals surface area contributed by atoms with E-state index in [1.54, 1.807) is 17.1 Å². The zero-order valence-corrected chi connectivity index (χ0v) is 19.4. The Morgan fingerprint density at radius 3 is 2.29 bits per heavy atom. The molecule has 2 heterocycles. The minimum Gasteiger partial charge on any atom is -0.494 e. The molecular formula is C20H23F2N5O6S. The first kappa shape index (κ1) is 25.1. The lowest BCUT2D eigenvalue weighted by molar-refractivity contribution is 0.280. The topological polar surface area (TPSA) is 127 Å². The van der Waals surface area contributed by atoms with Crippen molar-refractivity contribution in [1.29, 1.82) is 0 Å². The Labute approximate surface area is 194 Å². The van der Waals surface area contributed by atoms with E-state index in [1.165, 1.54) is 26.6 Å². The molecular weight excluding hydrogens is 476 g/mol. The highest BCUT2D eigenvalue weighted by atomic mass is 32.2. The van der Waals surface area contributed by atoms with Gasteiger partial charge in [0.05, 0.1) is 56.9 Å². The molecule has 0 atom stereocenters. The Kier molecular flexibility index (Phi) is 8.17. The molecule has 184 valence electrons. The molecule has 2 aromatic heterocycles. The molecule has 0 saturated carbocycles. The fourth-order valence-electron chi connectivity index (χ4n) is 2.79. The van der Waals surface area contributed by atoms with Crippen LogP contribution in [0.2, 0.25) is 0 Å². The maximum atomic E-state index is 14.4. The van der Waals surface area contributed by atoms with Gasteiger partial charge < -0.3 is 19.5 Å². The standard InChI is InChI=1S/C20H23F2N5O6S/c1-30-16-7-17(31-2)19(22)15(18(16)21)12-32-14-9-23-20(24-10-14)26-13-8-25-27(11-13)5-4-6-33-34(3,28)29/h7-11H,4-6,12H2,1-3H3,(H,23,24,26). The van der Waals surface area contributed by atoms with E-state index in [0.717, 1.165) is 12.3 Å². The normalized spacial score (nSPS) is 11.3. The molecule has 11 nitrogen and oxygen atoms in total. The maximum Gasteiger partial charge on any atom is 0.264 e. The Morgan fingerprint density at radius 2 is 1.71 bits per heavy atom. The monoisotopic (exact) mass is 499 g/mol. The van der Waals surface area contributed by atoms with Crippen LogP contribution in [0.5, 0.6) is 17.2 Å². The molecule has 1 aromatic carbocycles. The second-order valence-electron chi connectivity index (χ2n) is 6.92. The molecule has 0 radical (unpaired) electrons. The highest BCUT2D eigenvalue weighted by molar-refractivity contribution is 7.85. The molecule has 0 spiro atoms. The Balaban J connectivity index is 1.56. The summed E-state index contributed by atoms with van der Waals surface area (Å²) in [5.41, 5.74) is 0.248. The predicted octanol–water partition coefficient (Wildman–Crippen LogP) is 2.66. The van der Waals surface area contributed by atoms with Crippen LogP contribution in [0.4, 0.5) is 20.4 Å². The molecule has 3 rings (SSSR count). The average Bonchev–Trinajstić information content (AvgIpc) is 3.24. The first-order valence-corrected chi connectivity index (χ1v) is 11.7. The van der Waals surface area contributed by atoms with Crippen molar-refractivity contribution in [3.8, 4) is 17.2 Å². The van der Waals surface area contributed by atoms with Gasteiger partial charge >= 0.3 is 0 Å². The van der Waals surface area contributed by atoms with Crippen LogP contribution in [0.3, 0.4) is 0 Å². The Hall–Kier alpha value is -3.52. The van der Waals surface area contributed by atoms with Gasteiger partial charge in [0.25, 0.3) is 10.1 Å². The zero-order valence-electron chi connectivity index (χ0n) is 18.6. The van der Waals surface area contributed by atoms with Gasteiger partial charge in [-0.3, -0.25) is 8.86 Å².